The summed E-state index contributed by atoms with van der Waals surface area (Å²) in [6, 6.07) is 16.0. The molecule has 0 unspecified atom stereocenters. The summed E-state index contributed by atoms with van der Waals surface area (Å²) in [5.41, 5.74) is 3.39. The zero-order valence-corrected chi connectivity index (χ0v) is 16.4. The van der Waals surface area contributed by atoms with E-state index >= 15 is 0 Å². The standard InChI is InChI=1S/C21H24N4OS/c1-16-10-12-27-20(16)14-25-21(22-2)24-13-17-6-8-19(9-7-17)26-15-18-5-3-4-11-23-18/h3-12H,13-15H2,1-2H3,(H2,22,24,25). The third-order valence-corrected chi connectivity index (χ3v) is 5.13. The van der Waals surface area contributed by atoms with Gasteiger partial charge < -0.3 is 15.4 Å². The molecule has 0 aliphatic carbocycles. The van der Waals surface area contributed by atoms with E-state index in [2.05, 4.69) is 51.1 Å². The summed E-state index contributed by atoms with van der Waals surface area (Å²) in [5.74, 6) is 1.62. The molecule has 27 heavy (non-hydrogen) atoms. The maximum atomic E-state index is 5.77. The summed E-state index contributed by atoms with van der Waals surface area (Å²) in [5, 5.41) is 8.80. The number of aryl methyl sites for hydroxylation is 1. The normalized spacial score (nSPS) is 11.3. The minimum Gasteiger partial charge on any atom is -0.487 e. The molecule has 2 heterocycles. The second-order valence-electron chi connectivity index (χ2n) is 6.06. The quantitative estimate of drug-likeness (QED) is 0.482. The second kappa shape index (κ2) is 9.73. The second-order valence-corrected chi connectivity index (χ2v) is 7.06. The van der Waals surface area contributed by atoms with Gasteiger partial charge in [-0.1, -0.05) is 18.2 Å². The number of hydrogen-bond acceptors (Lipinski definition) is 4. The Morgan fingerprint density at radius 3 is 2.56 bits per heavy atom. The summed E-state index contributed by atoms with van der Waals surface area (Å²) in [6.45, 7) is 4.07. The number of thiophene rings is 1. The van der Waals surface area contributed by atoms with Crippen molar-refractivity contribution in [2.45, 2.75) is 26.6 Å². The lowest BCUT2D eigenvalue weighted by Gasteiger charge is -2.12. The Balaban J connectivity index is 1.45. The molecule has 0 amide bonds. The van der Waals surface area contributed by atoms with E-state index in [1.165, 1.54) is 10.4 Å². The molecule has 2 N–H and O–H groups in total. The molecule has 0 saturated heterocycles. The number of nitrogens with zero attached hydrogens (tertiary/aromatic N) is 2. The monoisotopic (exact) mass is 380 g/mol. The number of ether oxygens (including phenoxy) is 1. The van der Waals surface area contributed by atoms with E-state index in [-0.39, 0.29) is 0 Å². The minimum atomic E-state index is 0.469. The lowest BCUT2D eigenvalue weighted by atomic mass is 10.2. The zero-order chi connectivity index (χ0) is 18.9. The molecule has 5 nitrogen and oxygen atoms in total. The van der Waals surface area contributed by atoms with Crippen LogP contribution in [0.15, 0.2) is 65.1 Å². The maximum Gasteiger partial charge on any atom is 0.191 e. The van der Waals surface area contributed by atoms with Crippen LogP contribution in [0.1, 0.15) is 21.7 Å². The van der Waals surface area contributed by atoms with Gasteiger partial charge in [-0.05, 0) is 53.8 Å². The van der Waals surface area contributed by atoms with Gasteiger partial charge >= 0.3 is 0 Å². The molecule has 0 atom stereocenters. The SMILES string of the molecule is CN=C(NCc1ccc(OCc2ccccn2)cc1)NCc1sccc1C. The van der Waals surface area contributed by atoms with E-state index in [9.17, 15) is 0 Å². The first-order chi connectivity index (χ1) is 13.2. The summed E-state index contributed by atoms with van der Waals surface area (Å²) < 4.78 is 5.77. The highest BCUT2D eigenvalue weighted by atomic mass is 32.1. The Bertz CT molecular complexity index is 859. The lowest BCUT2D eigenvalue weighted by Crippen LogP contribution is -2.36. The van der Waals surface area contributed by atoms with E-state index in [1.807, 2.05) is 30.3 Å². The number of rotatable bonds is 7. The Kier molecular flexibility index (Phi) is 6.82. The summed E-state index contributed by atoms with van der Waals surface area (Å²) >= 11 is 1.76. The van der Waals surface area contributed by atoms with Crippen LogP contribution in [0.3, 0.4) is 0 Å². The van der Waals surface area contributed by atoms with Crippen molar-refractivity contribution in [3.63, 3.8) is 0 Å². The number of aliphatic imine (C=N–C) groups is 1. The minimum absolute atomic E-state index is 0.469. The first-order valence-electron chi connectivity index (χ1n) is 8.84. The Labute approximate surface area is 164 Å². The van der Waals surface area contributed by atoms with Crippen molar-refractivity contribution >= 4 is 17.3 Å². The molecule has 0 radical (unpaired) electrons. The van der Waals surface area contributed by atoms with Crippen LogP contribution in [0, 0.1) is 6.92 Å². The van der Waals surface area contributed by atoms with Crippen LogP contribution in [0.2, 0.25) is 0 Å². The lowest BCUT2D eigenvalue weighted by molar-refractivity contribution is 0.301. The smallest absolute Gasteiger partial charge is 0.191 e. The Morgan fingerprint density at radius 1 is 1.07 bits per heavy atom. The molecule has 0 fully saturated rings. The van der Waals surface area contributed by atoms with Crippen molar-refractivity contribution in [1.82, 2.24) is 15.6 Å². The highest BCUT2D eigenvalue weighted by Crippen LogP contribution is 2.15. The molecule has 140 valence electrons. The molecule has 0 aliphatic rings. The van der Waals surface area contributed by atoms with Crippen molar-refractivity contribution < 1.29 is 4.74 Å². The van der Waals surface area contributed by atoms with E-state index in [1.54, 1.807) is 24.6 Å². The number of benzene rings is 1. The van der Waals surface area contributed by atoms with Crippen LogP contribution >= 0.6 is 11.3 Å². The third kappa shape index (κ3) is 5.82. The zero-order valence-electron chi connectivity index (χ0n) is 15.6. The predicted octanol–water partition coefficient (Wildman–Crippen LogP) is 3.90. The van der Waals surface area contributed by atoms with Crippen LogP contribution < -0.4 is 15.4 Å². The van der Waals surface area contributed by atoms with Crippen molar-refractivity contribution in [1.29, 1.82) is 0 Å². The van der Waals surface area contributed by atoms with Gasteiger partial charge in [-0.15, -0.1) is 11.3 Å². The molecule has 3 rings (SSSR count). The fourth-order valence-electron chi connectivity index (χ4n) is 2.50. The van der Waals surface area contributed by atoms with Crippen LogP contribution in [-0.4, -0.2) is 18.0 Å². The highest BCUT2D eigenvalue weighted by Gasteiger charge is 2.03. The number of hydrogen-bond donors (Lipinski definition) is 2. The molecular formula is C21H24N4OS. The van der Waals surface area contributed by atoms with Gasteiger partial charge in [-0.25, -0.2) is 0 Å². The first kappa shape index (κ1) is 18.9. The Hall–Kier alpha value is -2.86. The van der Waals surface area contributed by atoms with E-state index in [0.29, 0.717) is 13.2 Å². The van der Waals surface area contributed by atoms with Crippen molar-refractivity contribution in [3.05, 3.63) is 81.8 Å². The molecule has 0 spiro atoms. The predicted molar refractivity (Wildman–Crippen MR) is 111 cm³/mol. The van der Waals surface area contributed by atoms with Crippen LogP contribution in [-0.2, 0) is 19.7 Å². The first-order valence-corrected chi connectivity index (χ1v) is 9.71. The van der Waals surface area contributed by atoms with Gasteiger partial charge in [-0.3, -0.25) is 9.98 Å². The molecule has 0 saturated carbocycles. The van der Waals surface area contributed by atoms with Crippen molar-refractivity contribution in [3.8, 4) is 5.75 Å². The average molecular weight is 381 g/mol. The molecule has 2 aromatic heterocycles. The molecular weight excluding hydrogens is 356 g/mol. The van der Waals surface area contributed by atoms with Gasteiger partial charge in [0.15, 0.2) is 5.96 Å². The van der Waals surface area contributed by atoms with Gasteiger partial charge in [0.05, 0.1) is 12.2 Å². The van der Waals surface area contributed by atoms with Crippen LogP contribution in [0.5, 0.6) is 5.75 Å². The van der Waals surface area contributed by atoms with Gasteiger partial charge in [-0.2, -0.15) is 0 Å². The van der Waals surface area contributed by atoms with Gasteiger partial charge in [0.2, 0.25) is 0 Å². The topological polar surface area (TPSA) is 58.5 Å². The van der Waals surface area contributed by atoms with Crippen molar-refractivity contribution in [2.24, 2.45) is 4.99 Å². The van der Waals surface area contributed by atoms with Crippen LogP contribution in [0.4, 0.5) is 0 Å². The van der Waals surface area contributed by atoms with E-state index < -0.39 is 0 Å². The Morgan fingerprint density at radius 2 is 1.89 bits per heavy atom. The summed E-state index contributed by atoms with van der Waals surface area (Å²) in [6.07, 6.45) is 1.77. The van der Waals surface area contributed by atoms with Crippen molar-refractivity contribution in [2.75, 3.05) is 7.05 Å². The third-order valence-electron chi connectivity index (χ3n) is 4.10. The van der Waals surface area contributed by atoms with Crippen LogP contribution in [0.25, 0.3) is 0 Å². The van der Waals surface area contributed by atoms with Gasteiger partial charge in [0.25, 0.3) is 0 Å². The number of guanidine groups is 1. The largest absolute Gasteiger partial charge is 0.487 e. The molecule has 6 heteroatoms. The van der Waals surface area contributed by atoms with E-state index in [4.69, 9.17) is 4.74 Å². The average Bonchev–Trinajstić information content (AvgIpc) is 3.13. The summed E-state index contributed by atoms with van der Waals surface area (Å²) in [4.78, 5) is 9.86. The highest BCUT2D eigenvalue weighted by molar-refractivity contribution is 7.10. The maximum absolute atomic E-state index is 5.77. The molecule has 3 aromatic rings. The summed E-state index contributed by atoms with van der Waals surface area (Å²) in [7, 11) is 1.78. The fourth-order valence-corrected chi connectivity index (χ4v) is 3.35. The van der Waals surface area contributed by atoms with Gasteiger partial charge in [0, 0.05) is 24.7 Å². The molecule has 1 aromatic carbocycles. The number of pyridine rings is 1. The number of nitrogens with one attached hydrogen (secondary N) is 2. The number of aromatic nitrogens is 1. The molecule has 0 aliphatic heterocycles. The molecule has 0 bridgehead atoms. The van der Waals surface area contributed by atoms with E-state index in [0.717, 1.165) is 29.5 Å². The van der Waals surface area contributed by atoms with Gasteiger partial charge in [0.1, 0.15) is 12.4 Å². The fraction of sp³-hybridized carbons (Fsp3) is 0.238.